The number of rotatable bonds is 14. The number of nitrogens with two attached hydrogens (primary N) is 2. The molecular formula is C28H36ClN5O4. The maximum Gasteiger partial charge on any atom is 0.243 e. The maximum absolute atomic E-state index is 13.4. The summed E-state index contributed by atoms with van der Waals surface area (Å²) in [5, 5.41) is 2.82. The second kappa shape index (κ2) is 15.1. The predicted molar refractivity (Wildman–Crippen MR) is 147 cm³/mol. The van der Waals surface area contributed by atoms with E-state index in [1.807, 2.05) is 60.7 Å². The first-order valence-corrected chi connectivity index (χ1v) is 13.3. The molecule has 0 aromatic heterocycles. The minimum absolute atomic E-state index is 0.0357. The number of alkyl halides is 1. The van der Waals surface area contributed by atoms with Crippen LogP contribution in [0.25, 0.3) is 0 Å². The smallest absolute Gasteiger partial charge is 0.243 e. The summed E-state index contributed by atoms with van der Waals surface area (Å²) in [6.45, 7) is 1.01. The molecule has 0 aliphatic carbocycles. The highest BCUT2D eigenvalue weighted by molar-refractivity contribution is 6.28. The fourth-order valence-electron chi connectivity index (χ4n) is 4.45. The van der Waals surface area contributed by atoms with E-state index in [1.54, 1.807) is 4.90 Å². The van der Waals surface area contributed by atoms with Crippen molar-refractivity contribution in [2.75, 3.05) is 19.0 Å². The first-order chi connectivity index (χ1) is 18.4. The van der Waals surface area contributed by atoms with E-state index in [2.05, 4.69) is 10.3 Å². The van der Waals surface area contributed by atoms with E-state index in [0.29, 0.717) is 45.4 Å². The molecule has 1 aliphatic heterocycles. The third-order valence-corrected chi connectivity index (χ3v) is 6.73. The molecule has 10 heteroatoms. The van der Waals surface area contributed by atoms with E-state index in [9.17, 15) is 14.4 Å². The third-order valence-electron chi connectivity index (χ3n) is 6.47. The van der Waals surface area contributed by atoms with Crippen molar-refractivity contribution in [3.63, 3.8) is 0 Å². The fraction of sp³-hybridized carbons (Fsp3) is 0.429. The lowest BCUT2D eigenvalue weighted by Crippen LogP contribution is -2.51. The lowest BCUT2D eigenvalue weighted by atomic mass is 10.1. The minimum Gasteiger partial charge on any atom is -0.372 e. The van der Waals surface area contributed by atoms with E-state index in [4.69, 9.17) is 27.8 Å². The molecule has 1 fully saturated rings. The number of carbonyl (C=O) groups is 3. The Bertz CT molecular complexity index is 1080. The molecule has 0 bridgehead atoms. The number of amides is 2. The van der Waals surface area contributed by atoms with Crippen molar-refractivity contribution in [3.05, 3.63) is 71.8 Å². The number of likely N-dealkylation sites (tertiary alicyclic amines) is 1. The van der Waals surface area contributed by atoms with Gasteiger partial charge in [-0.2, -0.15) is 0 Å². The second-order valence-corrected chi connectivity index (χ2v) is 9.58. The normalized spacial score (nSPS) is 17.6. The predicted octanol–water partition coefficient (Wildman–Crippen LogP) is 2.15. The minimum atomic E-state index is -0.792. The molecule has 0 unspecified atom stereocenters. The van der Waals surface area contributed by atoms with Crippen LogP contribution >= 0.6 is 11.6 Å². The number of halogens is 1. The summed E-state index contributed by atoms with van der Waals surface area (Å²) in [4.78, 5) is 44.6. The first-order valence-electron chi connectivity index (χ1n) is 12.8. The Kier molecular flexibility index (Phi) is 11.6. The third kappa shape index (κ3) is 9.15. The monoisotopic (exact) mass is 541 g/mol. The molecule has 5 N–H and O–H groups in total. The highest BCUT2D eigenvalue weighted by Crippen LogP contribution is 2.24. The van der Waals surface area contributed by atoms with Crippen LogP contribution in [-0.2, 0) is 32.1 Å². The Labute approximate surface area is 228 Å². The van der Waals surface area contributed by atoms with Crippen LogP contribution in [0.3, 0.4) is 0 Å². The van der Waals surface area contributed by atoms with Crippen molar-refractivity contribution in [2.45, 2.75) is 56.9 Å². The summed E-state index contributed by atoms with van der Waals surface area (Å²) in [6, 6.07) is 17.9. The van der Waals surface area contributed by atoms with Crippen molar-refractivity contribution in [1.82, 2.24) is 10.2 Å². The lowest BCUT2D eigenvalue weighted by Gasteiger charge is -2.26. The number of guanidine groups is 1. The van der Waals surface area contributed by atoms with Crippen LogP contribution in [0.4, 0.5) is 0 Å². The topological polar surface area (TPSA) is 140 Å². The van der Waals surface area contributed by atoms with E-state index >= 15 is 0 Å². The Hall–Kier alpha value is -3.43. The van der Waals surface area contributed by atoms with Gasteiger partial charge in [0.05, 0.1) is 24.6 Å². The van der Waals surface area contributed by atoms with E-state index < -0.39 is 18.0 Å². The fourth-order valence-corrected chi connectivity index (χ4v) is 4.63. The summed E-state index contributed by atoms with van der Waals surface area (Å²) < 4.78 is 6.09. The number of Topliss-reactive ketones (excluding diaryl/α,β-unsaturated/α-hetero) is 1. The molecule has 0 spiro atoms. The Morgan fingerprint density at radius 1 is 1.05 bits per heavy atom. The summed E-state index contributed by atoms with van der Waals surface area (Å²) in [5.74, 6) is -1.10. The van der Waals surface area contributed by atoms with Gasteiger partial charge in [-0.15, -0.1) is 11.6 Å². The number of aryl methyl sites for hydroxylation is 1. The lowest BCUT2D eigenvalue weighted by molar-refractivity contribution is -0.139. The van der Waals surface area contributed by atoms with Gasteiger partial charge in [0.2, 0.25) is 11.8 Å². The van der Waals surface area contributed by atoms with Gasteiger partial charge in [-0.1, -0.05) is 60.7 Å². The van der Waals surface area contributed by atoms with Crippen LogP contribution in [0.15, 0.2) is 65.7 Å². The zero-order valence-electron chi connectivity index (χ0n) is 21.4. The van der Waals surface area contributed by atoms with Crippen molar-refractivity contribution in [2.24, 2.45) is 16.5 Å². The number of benzene rings is 2. The Morgan fingerprint density at radius 3 is 2.34 bits per heavy atom. The molecule has 204 valence electrons. The number of carbonyl (C=O) groups excluding carboxylic acids is 3. The van der Waals surface area contributed by atoms with Gasteiger partial charge >= 0.3 is 0 Å². The summed E-state index contributed by atoms with van der Waals surface area (Å²) in [7, 11) is 0. The van der Waals surface area contributed by atoms with Gasteiger partial charge in [0.25, 0.3) is 0 Å². The van der Waals surface area contributed by atoms with E-state index in [-0.39, 0.29) is 36.1 Å². The number of hydrogen-bond donors (Lipinski definition) is 3. The van der Waals surface area contributed by atoms with Crippen LogP contribution < -0.4 is 16.8 Å². The molecule has 2 amide bonds. The largest absolute Gasteiger partial charge is 0.372 e. The number of ether oxygens (including phenoxy) is 1. The number of hydrogen-bond acceptors (Lipinski definition) is 5. The Morgan fingerprint density at radius 2 is 1.71 bits per heavy atom. The first kappa shape index (κ1) is 29.1. The van der Waals surface area contributed by atoms with Gasteiger partial charge in [0.15, 0.2) is 11.7 Å². The SMILES string of the molecule is NC(N)=NCCC[C@H](NC(=O)[C@@H]1C[C@@H](OCc2ccccc2)CN1C(=O)CCc1ccccc1)C(=O)CCl. The zero-order chi connectivity index (χ0) is 27.3. The molecule has 3 atom stereocenters. The summed E-state index contributed by atoms with van der Waals surface area (Å²) >= 11 is 5.80. The van der Waals surface area contributed by atoms with Crippen LogP contribution in [0, 0.1) is 0 Å². The van der Waals surface area contributed by atoms with Gasteiger partial charge in [0, 0.05) is 25.9 Å². The van der Waals surface area contributed by atoms with Crippen LogP contribution in [0.5, 0.6) is 0 Å². The van der Waals surface area contributed by atoms with Gasteiger partial charge in [0.1, 0.15) is 6.04 Å². The average Bonchev–Trinajstić information content (AvgIpc) is 3.37. The summed E-state index contributed by atoms with van der Waals surface area (Å²) in [6.07, 6.45) is 1.68. The molecule has 0 radical (unpaired) electrons. The molecule has 0 saturated carbocycles. The second-order valence-electron chi connectivity index (χ2n) is 9.31. The molecule has 1 heterocycles. The number of nitrogens with one attached hydrogen (secondary N) is 1. The number of nitrogens with zero attached hydrogens (tertiary/aromatic N) is 2. The highest BCUT2D eigenvalue weighted by atomic mass is 35.5. The zero-order valence-corrected chi connectivity index (χ0v) is 22.2. The van der Waals surface area contributed by atoms with Crippen LogP contribution in [-0.4, -0.2) is 65.6 Å². The van der Waals surface area contributed by atoms with Crippen LogP contribution in [0.2, 0.25) is 0 Å². The Balaban J connectivity index is 1.67. The molecule has 1 saturated heterocycles. The molecule has 3 rings (SSSR count). The quantitative estimate of drug-likeness (QED) is 0.145. The number of aliphatic imine (C=N–C) groups is 1. The van der Waals surface area contributed by atoms with E-state index in [1.165, 1.54) is 0 Å². The van der Waals surface area contributed by atoms with Gasteiger partial charge in [-0.3, -0.25) is 19.4 Å². The van der Waals surface area contributed by atoms with Crippen molar-refractivity contribution < 1.29 is 19.1 Å². The van der Waals surface area contributed by atoms with Crippen LogP contribution in [0.1, 0.15) is 36.8 Å². The average molecular weight is 542 g/mol. The summed E-state index contributed by atoms with van der Waals surface area (Å²) in [5.41, 5.74) is 12.8. The standard InChI is InChI=1S/C28H36ClN5O4/c29-17-25(35)23(12-7-15-32-28(30)31)33-27(37)24-16-22(38-19-21-10-5-2-6-11-21)18-34(24)26(36)14-13-20-8-3-1-4-9-20/h1-6,8-11,22-24H,7,12-19H2,(H,33,37)(H4,30,31,32)/t22-,23+,24+/m1/s1. The van der Waals surface area contributed by atoms with Crippen molar-refractivity contribution in [1.29, 1.82) is 0 Å². The molecule has 38 heavy (non-hydrogen) atoms. The molecule has 9 nitrogen and oxygen atoms in total. The maximum atomic E-state index is 13.4. The molecule has 2 aromatic carbocycles. The van der Waals surface area contributed by atoms with Gasteiger partial charge in [-0.25, -0.2) is 0 Å². The van der Waals surface area contributed by atoms with E-state index in [0.717, 1.165) is 11.1 Å². The van der Waals surface area contributed by atoms with Gasteiger partial charge in [-0.05, 0) is 30.4 Å². The van der Waals surface area contributed by atoms with Crippen molar-refractivity contribution >= 4 is 35.2 Å². The molecular weight excluding hydrogens is 506 g/mol. The molecule has 1 aliphatic rings. The molecule has 2 aromatic rings. The number of ketones is 1. The van der Waals surface area contributed by atoms with Gasteiger partial charge < -0.3 is 26.4 Å². The van der Waals surface area contributed by atoms with Crippen molar-refractivity contribution in [3.8, 4) is 0 Å². The highest BCUT2D eigenvalue weighted by Gasteiger charge is 2.40.